The molecule has 22 heavy (non-hydrogen) atoms. The summed E-state index contributed by atoms with van der Waals surface area (Å²) in [5, 5.41) is 3.50. The first-order chi connectivity index (χ1) is 10.8. The minimum Gasteiger partial charge on any atom is -0.342 e. The molecule has 4 rings (SSSR count). The molecule has 110 valence electrons. The van der Waals surface area contributed by atoms with Crippen LogP contribution in [0.4, 0.5) is 0 Å². The van der Waals surface area contributed by atoms with Gasteiger partial charge < -0.3 is 10.3 Å². The van der Waals surface area contributed by atoms with Crippen molar-refractivity contribution in [1.29, 1.82) is 0 Å². The topological polar surface area (TPSA) is 53.6 Å². The van der Waals surface area contributed by atoms with Crippen LogP contribution in [0.25, 0.3) is 22.6 Å². The Morgan fingerprint density at radius 3 is 2.73 bits per heavy atom. The van der Waals surface area contributed by atoms with Crippen molar-refractivity contribution in [2.45, 2.75) is 19.4 Å². The summed E-state index contributed by atoms with van der Waals surface area (Å²) in [5.74, 6) is 0.922. The fourth-order valence-electron chi connectivity index (χ4n) is 2.98. The average molecular weight is 290 g/mol. The van der Waals surface area contributed by atoms with Crippen LogP contribution < -0.4 is 5.32 Å². The molecule has 0 fully saturated rings. The van der Waals surface area contributed by atoms with E-state index in [-0.39, 0.29) is 6.04 Å². The summed E-state index contributed by atoms with van der Waals surface area (Å²) in [6.07, 6.45) is 5.32. The average Bonchev–Trinajstić information content (AvgIpc) is 2.99. The Labute approximate surface area is 129 Å². The molecule has 3 aliphatic heterocycles. The molecule has 0 amide bonds. The highest BCUT2D eigenvalue weighted by atomic mass is 15.0. The molecule has 0 saturated heterocycles. The Bertz CT molecular complexity index is 788. The Morgan fingerprint density at radius 1 is 1.09 bits per heavy atom. The molecule has 3 heterocycles. The maximum Gasteiger partial charge on any atom is 0.110 e. The maximum absolute atomic E-state index is 4.84. The van der Waals surface area contributed by atoms with Crippen molar-refractivity contribution < 1.29 is 0 Å². The number of aromatic nitrogens is 3. The summed E-state index contributed by atoms with van der Waals surface area (Å²) in [6.45, 7) is 2.88. The third-order valence-electron chi connectivity index (χ3n) is 4.03. The number of aryl methyl sites for hydroxylation is 1. The second-order valence-corrected chi connectivity index (χ2v) is 5.65. The number of aromatic amines is 1. The van der Waals surface area contributed by atoms with Gasteiger partial charge in [0.2, 0.25) is 0 Å². The summed E-state index contributed by atoms with van der Waals surface area (Å²) in [4.78, 5) is 12.9. The highest BCUT2D eigenvalue weighted by molar-refractivity contribution is 5.72. The predicted octanol–water partition coefficient (Wildman–Crippen LogP) is 3.48. The molecule has 0 bridgehead atoms. The van der Waals surface area contributed by atoms with Crippen LogP contribution in [0.2, 0.25) is 0 Å². The van der Waals surface area contributed by atoms with E-state index < -0.39 is 0 Å². The van der Waals surface area contributed by atoms with E-state index in [2.05, 4.69) is 40.7 Å². The number of rotatable bonds is 2. The zero-order chi connectivity index (χ0) is 14.9. The van der Waals surface area contributed by atoms with E-state index in [1.807, 2.05) is 25.1 Å². The summed E-state index contributed by atoms with van der Waals surface area (Å²) in [7, 11) is 0. The molecule has 2 N–H and O–H groups in total. The van der Waals surface area contributed by atoms with Gasteiger partial charge >= 0.3 is 0 Å². The number of benzene rings is 1. The van der Waals surface area contributed by atoms with E-state index in [0.29, 0.717) is 0 Å². The molecule has 4 heteroatoms. The fraction of sp³-hybridized carbons (Fsp3) is 0.222. The highest BCUT2D eigenvalue weighted by Crippen LogP contribution is 2.33. The third kappa shape index (κ3) is 2.31. The zero-order valence-corrected chi connectivity index (χ0v) is 12.5. The Kier molecular flexibility index (Phi) is 3.24. The highest BCUT2D eigenvalue weighted by Gasteiger charge is 2.23. The molecule has 0 saturated carbocycles. The Hall–Kier alpha value is -2.46. The first-order valence-electron chi connectivity index (χ1n) is 7.62. The van der Waals surface area contributed by atoms with Crippen molar-refractivity contribution >= 4 is 0 Å². The fourth-order valence-corrected chi connectivity index (χ4v) is 2.98. The zero-order valence-electron chi connectivity index (χ0n) is 12.5. The van der Waals surface area contributed by atoms with Crippen molar-refractivity contribution in [1.82, 2.24) is 20.3 Å². The van der Waals surface area contributed by atoms with Gasteiger partial charge in [0.05, 0.1) is 23.1 Å². The lowest BCUT2D eigenvalue weighted by Crippen LogP contribution is -2.26. The molecule has 0 radical (unpaired) electrons. The minimum atomic E-state index is 0.235. The number of nitrogens with zero attached hydrogens (tertiary/aromatic N) is 2. The van der Waals surface area contributed by atoms with Crippen molar-refractivity contribution in [3.63, 3.8) is 0 Å². The molecular formula is C18H18N4. The number of hydrogen-bond donors (Lipinski definition) is 2. The third-order valence-corrected chi connectivity index (χ3v) is 4.03. The first kappa shape index (κ1) is 13.2. The minimum absolute atomic E-state index is 0.235. The molecule has 4 nitrogen and oxygen atoms in total. The molecule has 1 unspecified atom stereocenters. The van der Waals surface area contributed by atoms with Gasteiger partial charge in [-0.15, -0.1) is 0 Å². The van der Waals surface area contributed by atoms with E-state index in [4.69, 9.17) is 9.97 Å². The van der Waals surface area contributed by atoms with E-state index in [0.717, 1.165) is 47.1 Å². The van der Waals surface area contributed by atoms with Crippen LogP contribution in [-0.2, 0) is 0 Å². The van der Waals surface area contributed by atoms with Gasteiger partial charge in [-0.1, -0.05) is 42.5 Å². The molecule has 3 aliphatic rings. The molecule has 0 aliphatic carbocycles. The molecule has 0 aromatic heterocycles. The van der Waals surface area contributed by atoms with Gasteiger partial charge in [0.25, 0.3) is 0 Å². The second kappa shape index (κ2) is 5.39. The van der Waals surface area contributed by atoms with Crippen LogP contribution >= 0.6 is 0 Å². The largest absolute Gasteiger partial charge is 0.342 e. The quantitative estimate of drug-likeness (QED) is 0.710. The maximum atomic E-state index is 4.84. The van der Waals surface area contributed by atoms with Gasteiger partial charge in [0.1, 0.15) is 11.5 Å². The SMILES string of the molecule is Cc1nc(C2CC=CCN2)c2nc(-c3ccccc3)cc-2[nH]1. The number of nitrogens with one attached hydrogen (secondary N) is 2. The predicted molar refractivity (Wildman–Crippen MR) is 87.7 cm³/mol. The summed E-state index contributed by atoms with van der Waals surface area (Å²) < 4.78 is 0. The number of hydrogen-bond acceptors (Lipinski definition) is 3. The molecule has 1 aromatic rings. The molecule has 1 atom stereocenters. The van der Waals surface area contributed by atoms with E-state index in [1.165, 1.54) is 0 Å². The number of H-pyrrole nitrogens is 1. The van der Waals surface area contributed by atoms with Gasteiger partial charge in [-0.3, -0.25) is 0 Å². The molecular weight excluding hydrogens is 272 g/mol. The van der Waals surface area contributed by atoms with E-state index >= 15 is 0 Å². The normalized spacial score (nSPS) is 18.0. The van der Waals surface area contributed by atoms with Crippen LogP contribution in [0.1, 0.15) is 24.0 Å². The molecule has 0 spiro atoms. The second-order valence-electron chi connectivity index (χ2n) is 5.65. The van der Waals surface area contributed by atoms with Gasteiger partial charge in [0.15, 0.2) is 0 Å². The van der Waals surface area contributed by atoms with Crippen LogP contribution in [0.15, 0.2) is 48.6 Å². The lowest BCUT2D eigenvalue weighted by Gasteiger charge is -2.21. The van der Waals surface area contributed by atoms with Crippen LogP contribution in [-0.4, -0.2) is 21.5 Å². The molecule has 1 aromatic carbocycles. The van der Waals surface area contributed by atoms with Crippen LogP contribution in [0.5, 0.6) is 0 Å². The Morgan fingerprint density at radius 2 is 1.95 bits per heavy atom. The smallest absolute Gasteiger partial charge is 0.110 e. The lowest BCUT2D eigenvalue weighted by molar-refractivity contribution is 0.538. The Balaban J connectivity index is 1.84. The van der Waals surface area contributed by atoms with Crippen molar-refractivity contribution in [2.75, 3.05) is 6.54 Å². The van der Waals surface area contributed by atoms with Gasteiger partial charge in [-0.05, 0) is 19.4 Å². The van der Waals surface area contributed by atoms with Crippen molar-refractivity contribution in [2.24, 2.45) is 0 Å². The first-order valence-corrected chi connectivity index (χ1v) is 7.62. The van der Waals surface area contributed by atoms with E-state index in [1.54, 1.807) is 0 Å². The summed E-state index contributed by atoms with van der Waals surface area (Å²) in [6, 6.07) is 12.6. The standard InChI is InChI=1S/C18H18N4/c1-12-20-16-11-15(13-7-3-2-4-8-13)22-18(16)17(21-12)14-9-5-6-10-19-14/h2-8,11,14,19H,9-10H2,1H3,(H,20,21). The van der Waals surface area contributed by atoms with E-state index in [9.17, 15) is 0 Å². The van der Waals surface area contributed by atoms with Gasteiger partial charge in [0, 0.05) is 12.1 Å². The lowest BCUT2D eigenvalue weighted by atomic mass is 10.0. The van der Waals surface area contributed by atoms with Gasteiger partial charge in [-0.2, -0.15) is 0 Å². The van der Waals surface area contributed by atoms with Crippen LogP contribution in [0.3, 0.4) is 0 Å². The monoisotopic (exact) mass is 290 g/mol. The summed E-state index contributed by atoms with van der Waals surface area (Å²) >= 11 is 0. The van der Waals surface area contributed by atoms with Gasteiger partial charge in [-0.25, -0.2) is 9.97 Å². The summed E-state index contributed by atoms with van der Waals surface area (Å²) in [5.41, 5.74) is 5.19. The van der Waals surface area contributed by atoms with Crippen molar-refractivity contribution in [3.05, 3.63) is 60.1 Å². The van der Waals surface area contributed by atoms with Crippen molar-refractivity contribution in [3.8, 4) is 22.6 Å². The number of fused-ring (bicyclic) bond motifs is 1. The van der Waals surface area contributed by atoms with Crippen LogP contribution in [0, 0.1) is 6.92 Å².